The van der Waals surface area contributed by atoms with Crippen LogP contribution in [-0.4, -0.2) is 25.0 Å². The van der Waals surface area contributed by atoms with Gasteiger partial charge in [-0.15, -0.1) is 12.4 Å². The van der Waals surface area contributed by atoms with Crippen LogP contribution in [0.2, 0.25) is 0 Å². The molecule has 100 valence electrons. The average Bonchev–Trinajstić information content (AvgIpc) is 2.34. The molecule has 0 fully saturated rings. The Hall–Kier alpha value is -1.75. The van der Waals surface area contributed by atoms with Crippen LogP contribution in [0.5, 0.6) is 0 Å². The van der Waals surface area contributed by atoms with Crippen LogP contribution < -0.4 is 11.1 Å². The van der Waals surface area contributed by atoms with E-state index in [4.69, 9.17) is 5.73 Å². The van der Waals surface area contributed by atoms with E-state index in [-0.39, 0.29) is 18.3 Å². The van der Waals surface area contributed by atoms with Gasteiger partial charge in [-0.05, 0) is 24.6 Å². The number of anilines is 1. The van der Waals surface area contributed by atoms with Crippen LogP contribution in [0.3, 0.4) is 0 Å². The molecule has 1 unspecified atom stereocenters. The van der Waals surface area contributed by atoms with Crippen LogP contribution in [0.15, 0.2) is 24.3 Å². The maximum absolute atomic E-state index is 11.8. The number of rotatable bonds is 4. The molecule has 18 heavy (non-hydrogen) atoms. The summed E-state index contributed by atoms with van der Waals surface area (Å²) in [5.74, 6) is -0.792. The summed E-state index contributed by atoms with van der Waals surface area (Å²) in [5.41, 5.74) is 6.50. The van der Waals surface area contributed by atoms with Gasteiger partial charge in [-0.2, -0.15) is 0 Å². The summed E-state index contributed by atoms with van der Waals surface area (Å²) < 4.78 is 4.59. The van der Waals surface area contributed by atoms with E-state index in [2.05, 4.69) is 10.1 Å². The first-order valence-corrected chi connectivity index (χ1v) is 5.32. The van der Waals surface area contributed by atoms with Crippen LogP contribution in [0, 0.1) is 0 Å². The monoisotopic (exact) mass is 272 g/mol. The summed E-state index contributed by atoms with van der Waals surface area (Å²) in [6.07, 6.45) is 0.473. The molecule has 0 bridgehead atoms. The van der Waals surface area contributed by atoms with Crippen LogP contribution in [0.4, 0.5) is 5.69 Å². The molecule has 1 aromatic carbocycles. The summed E-state index contributed by atoms with van der Waals surface area (Å²) in [6.45, 7) is 1.79. The molecule has 1 rings (SSSR count). The highest BCUT2D eigenvalue weighted by Crippen LogP contribution is 2.07. The fourth-order valence-corrected chi connectivity index (χ4v) is 1.39. The predicted octanol–water partition coefficient (Wildman–Crippen LogP) is 1.37. The Morgan fingerprint density at radius 2 is 2.11 bits per heavy atom. The molecule has 1 atom stereocenters. The minimum atomic E-state index is -0.631. The number of methoxy groups -OCH3 is 1. The molecule has 0 spiro atoms. The second kappa shape index (κ2) is 7.55. The zero-order chi connectivity index (χ0) is 12.8. The quantitative estimate of drug-likeness (QED) is 0.641. The first kappa shape index (κ1) is 16.2. The summed E-state index contributed by atoms with van der Waals surface area (Å²) in [7, 11) is 1.29. The van der Waals surface area contributed by atoms with Gasteiger partial charge in [0.1, 0.15) is 6.04 Å². The van der Waals surface area contributed by atoms with Crippen LogP contribution in [0.25, 0.3) is 0 Å². The van der Waals surface area contributed by atoms with Gasteiger partial charge in [0.05, 0.1) is 7.11 Å². The molecule has 0 heterocycles. The normalized spacial score (nSPS) is 11.0. The molecule has 0 aromatic heterocycles. The largest absolute Gasteiger partial charge is 0.467 e. The first-order valence-electron chi connectivity index (χ1n) is 5.32. The fourth-order valence-electron chi connectivity index (χ4n) is 1.39. The van der Waals surface area contributed by atoms with E-state index in [9.17, 15) is 9.59 Å². The number of hydrogen-bond acceptors (Lipinski definition) is 4. The lowest BCUT2D eigenvalue weighted by molar-refractivity contribution is -0.142. The van der Waals surface area contributed by atoms with Crippen LogP contribution in [0.1, 0.15) is 23.7 Å². The number of nitrogens with two attached hydrogens (primary N) is 1. The number of ether oxygens (including phenoxy) is 1. The Bertz CT molecular complexity index is 424. The van der Waals surface area contributed by atoms with Gasteiger partial charge < -0.3 is 15.8 Å². The van der Waals surface area contributed by atoms with Gasteiger partial charge in [-0.3, -0.25) is 4.79 Å². The van der Waals surface area contributed by atoms with Crippen molar-refractivity contribution in [3.8, 4) is 0 Å². The van der Waals surface area contributed by atoms with E-state index in [1.165, 1.54) is 7.11 Å². The molecule has 0 aliphatic rings. The number of esters is 1. The van der Waals surface area contributed by atoms with Crippen molar-refractivity contribution in [3.05, 3.63) is 29.8 Å². The van der Waals surface area contributed by atoms with E-state index in [0.29, 0.717) is 17.7 Å². The molecule has 0 saturated carbocycles. The van der Waals surface area contributed by atoms with Gasteiger partial charge in [0.15, 0.2) is 0 Å². The summed E-state index contributed by atoms with van der Waals surface area (Å²) in [6, 6.07) is 5.93. The minimum Gasteiger partial charge on any atom is -0.467 e. The molecule has 1 aromatic rings. The molecular formula is C12H17ClN2O3. The zero-order valence-corrected chi connectivity index (χ0v) is 11.1. The van der Waals surface area contributed by atoms with Crippen molar-refractivity contribution in [1.82, 2.24) is 5.32 Å². The smallest absolute Gasteiger partial charge is 0.328 e. The zero-order valence-electron chi connectivity index (χ0n) is 10.3. The fraction of sp³-hybridized carbons (Fsp3) is 0.333. The molecular weight excluding hydrogens is 256 g/mol. The lowest BCUT2D eigenvalue weighted by Crippen LogP contribution is -2.41. The van der Waals surface area contributed by atoms with E-state index in [0.717, 1.165) is 0 Å². The summed E-state index contributed by atoms with van der Waals surface area (Å²) >= 11 is 0. The standard InChI is InChI=1S/C12H16N2O3.ClH/c1-3-10(12(16)17-2)14-11(15)8-5-4-6-9(13)7-8;/h4-7,10H,3,13H2,1-2H3,(H,14,15);1H. The summed E-state index contributed by atoms with van der Waals surface area (Å²) in [4.78, 5) is 23.1. The van der Waals surface area contributed by atoms with Crippen molar-refractivity contribution in [2.75, 3.05) is 12.8 Å². The lowest BCUT2D eigenvalue weighted by atomic mass is 10.1. The van der Waals surface area contributed by atoms with Crippen molar-refractivity contribution >= 4 is 30.0 Å². The molecule has 0 aliphatic heterocycles. The number of nitrogens with one attached hydrogen (secondary N) is 1. The number of nitrogen functional groups attached to an aromatic ring is 1. The Kier molecular flexibility index (Phi) is 6.82. The Labute approximate surface area is 112 Å². The van der Waals surface area contributed by atoms with Crippen molar-refractivity contribution in [2.45, 2.75) is 19.4 Å². The number of carbonyl (C=O) groups is 2. The van der Waals surface area contributed by atoms with Crippen LogP contribution in [-0.2, 0) is 9.53 Å². The molecule has 5 nitrogen and oxygen atoms in total. The van der Waals surface area contributed by atoms with E-state index in [1.54, 1.807) is 31.2 Å². The Morgan fingerprint density at radius 1 is 1.44 bits per heavy atom. The van der Waals surface area contributed by atoms with Gasteiger partial charge in [-0.25, -0.2) is 4.79 Å². The molecule has 6 heteroatoms. The number of benzene rings is 1. The number of halogens is 1. The van der Waals surface area contributed by atoms with Gasteiger partial charge in [0, 0.05) is 11.3 Å². The van der Waals surface area contributed by atoms with Gasteiger partial charge >= 0.3 is 5.97 Å². The second-order valence-corrected chi connectivity index (χ2v) is 3.58. The van der Waals surface area contributed by atoms with Crippen molar-refractivity contribution in [3.63, 3.8) is 0 Å². The molecule has 0 saturated heterocycles. The lowest BCUT2D eigenvalue weighted by Gasteiger charge is -2.14. The third-order valence-electron chi connectivity index (χ3n) is 2.35. The van der Waals surface area contributed by atoms with Crippen LogP contribution >= 0.6 is 12.4 Å². The number of hydrogen-bond donors (Lipinski definition) is 2. The minimum absolute atomic E-state index is 0. The highest BCUT2D eigenvalue weighted by molar-refractivity contribution is 5.97. The predicted molar refractivity (Wildman–Crippen MR) is 71.7 cm³/mol. The van der Waals surface area contributed by atoms with Gasteiger partial charge in [-0.1, -0.05) is 13.0 Å². The summed E-state index contributed by atoms with van der Waals surface area (Å²) in [5, 5.41) is 2.59. The second-order valence-electron chi connectivity index (χ2n) is 3.58. The van der Waals surface area contributed by atoms with Crippen molar-refractivity contribution in [1.29, 1.82) is 0 Å². The van der Waals surface area contributed by atoms with Gasteiger partial charge in [0.2, 0.25) is 0 Å². The maximum atomic E-state index is 11.8. The Morgan fingerprint density at radius 3 is 2.61 bits per heavy atom. The third-order valence-corrected chi connectivity index (χ3v) is 2.35. The number of amides is 1. The van der Waals surface area contributed by atoms with E-state index in [1.807, 2.05) is 0 Å². The molecule has 0 aliphatic carbocycles. The number of carbonyl (C=O) groups excluding carboxylic acids is 2. The van der Waals surface area contributed by atoms with E-state index < -0.39 is 12.0 Å². The molecule has 3 N–H and O–H groups in total. The third kappa shape index (κ3) is 4.25. The van der Waals surface area contributed by atoms with Crippen molar-refractivity contribution < 1.29 is 14.3 Å². The Balaban J connectivity index is 0.00000289. The highest BCUT2D eigenvalue weighted by atomic mass is 35.5. The highest BCUT2D eigenvalue weighted by Gasteiger charge is 2.19. The van der Waals surface area contributed by atoms with E-state index >= 15 is 0 Å². The van der Waals surface area contributed by atoms with Gasteiger partial charge in [0.25, 0.3) is 5.91 Å². The first-order chi connectivity index (χ1) is 8.08. The topological polar surface area (TPSA) is 81.4 Å². The molecule has 1 amide bonds. The van der Waals surface area contributed by atoms with Crippen molar-refractivity contribution in [2.24, 2.45) is 0 Å². The SMILES string of the molecule is CCC(NC(=O)c1cccc(N)c1)C(=O)OC.Cl. The maximum Gasteiger partial charge on any atom is 0.328 e. The average molecular weight is 273 g/mol. The molecule has 0 radical (unpaired) electrons.